The highest BCUT2D eigenvalue weighted by Gasteiger charge is 2.22. The Balaban J connectivity index is 3.24. The zero-order valence-corrected chi connectivity index (χ0v) is 11.7. The predicted molar refractivity (Wildman–Crippen MR) is 71.1 cm³/mol. The Bertz CT molecular complexity index is 461. The molecule has 0 saturated carbocycles. The Morgan fingerprint density at radius 2 is 2.06 bits per heavy atom. The minimum Gasteiger partial charge on any atom is -0.479 e. The van der Waals surface area contributed by atoms with Crippen molar-refractivity contribution in [3.05, 3.63) is 34.9 Å². The molecule has 0 bridgehead atoms. The van der Waals surface area contributed by atoms with Crippen LogP contribution in [0.25, 0.3) is 0 Å². The van der Waals surface area contributed by atoms with Gasteiger partial charge >= 0.3 is 5.97 Å². The van der Waals surface area contributed by atoms with Gasteiger partial charge in [-0.3, -0.25) is 4.79 Å². The summed E-state index contributed by atoms with van der Waals surface area (Å²) < 4.78 is 0. The summed E-state index contributed by atoms with van der Waals surface area (Å²) in [5.41, 5.74) is 1.53. The highest BCUT2D eigenvalue weighted by Crippen LogP contribution is 2.24. The van der Waals surface area contributed by atoms with Gasteiger partial charge in [0.05, 0.1) is 5.88 Å². The summed E-state index contributed by atoms with van der Waals surface area (Å²) in [6, 6.07) is 4.91. The third-order valence-corrected chi connectivity index (χ3v) is 3.41. The van der Waals surface area contributed by atoms with E-state index in [9.17, 15) is 14.7 Å². The molecule has 0 saturated heterocycles. The summed E-state index contributed by atoms with van der Waals surface area (Å²) in [4.78, 5) is 22.3. The van der Waals surface area contributed by atoms with Crippen LogP contribution in [0.4, 0.5) is 0 Å². The number of aliphatic carboxylic acids is 1. The predicted octanol–water partition coefficient (Wildman–Crippen LogP) is 2.05. The zero-order chi connectivity index (χ0) is 13.7. The monoisotopic (exact) mass is 334 g/mol. The summed E-state index contributed by atoms with van der Waals surface area (Å²) >= 11 is 8.72. The Morgan fingerprint density at radius 1 is 1.39 bits per heavy atom. The number of benzene rings is 1. The second kappa shape index (κ2) is 6.87. The number of Topliss-reactive ketones (excluding diaryl/α,β-unsaturated/α-hetero) is 1. The Morgan fingerprint density at radius 3 is 2.56 bits per heavy atom. The lowest BCUT2D eigenvalue weighted by molar-refractivity contribution is -0.147. The Labute approximate surface area is 118 Å². The number of aliphatic hydroxyl groups excluding tert-OH is 1. The summed E-state index contributed by atoms with van der Waals surface area (Å²) in [7, 11) is 0. The molecule has 1 rings (SSSR count). The highest BCUT2D eigenvalue weighted by molar-refractivity contribution is 9.08. The van der Waals surface area contributed by atoms with Crippen molar-refractivity contribution in [3.8, 4) is 0 Å². The second-order valence-corrected chi connectivity index (χ2v) is 4.54. The van der Waals surface area contributed by atoms with E-state index in [1.807, 2.05) is 0 Å². The lowest BCUT2D eigenvalue weighted by Crippen LogP contribution is -2.16. The molecule has 0 spiro atoms. The number of carbonyl (C=O) groups is 2. The average Bonchev–Trinajstić information content (AvgIpc) is 2.37. The van der Waals surface area contributed by atoms with Crippen LogP contribution in [0.2, 0.25) is 0 Å². The SMILES string of the molecule is O=C(CCl)Cc1c(CBr)cccc1C(O)C(=O)O. The van der Waals surface area contributed by atoms with E-state index in [2.05, 4.69) is 15.9 Å². The fourth-order valence-corrected chi connectivity index (χ4v) is 2.25. The lowest BCUT2D eigenvalue weighted by atomic mass is 9.94. The van der Waals surface area contributed by atoms with Crippen LogP contribution in [0.5, 0.6) is 0 Å². The van der Waals surface area contributed by atoms with Crippen molar-refractivity contribution in [1.82, 2.24) is 0 Å². The number of ketones is 1. The van der Waals surface area contributed by atoms with Gasteiger partial charge < -0.3 is 10.2 Å². The summed E-state index contributed by atoms with van der Waals surface area (Å²) in [6.07, 6.45) is -1.62. The number of rotatable bonds is 6. The second-order valence-electron chi connectivity index (χ2n) is 3.71. The third-order valence-electron chi connectivity index (χ3n) is 2.50. The fourth-order valence-electron chi connectivity index (χ4n) is 1.63. The molecule has 2 N–H and O–H groups in total. The lowest BCUT2D eigenvalue weighted by Gasteiger charge is -2.15. The van der Waals surface area contributed by atoms with Crippen molar-refractivity contribution >= 4 is 39.3 Å². The van der Waals surface area contributed by atoms with Crippen molar-refractivity contribution in [2.45, 2.75) is 17.9 Å². The number of hydrogen-bond donors (Lipinski definition) is 2. The van der Waals surface area contributed by atoms with Crippen molar-refractivity contribution in [1.29, 1.82) is 0 Å². The van der Waals surface area contributed by atoms with Crippen molar-refractivity contribution in [2.75, 3.05) is 5.88 Å². The average molecular weight is 336 g/mol. The highest BCUT2D eigenvalue weighted by atomic mass is 79.9. The van der Waals surface area contributed by atoms with Gasteiger partial charge in [0, 0.05) is 11.8 Å². The molecule has 1 atom stereocenters. The molecule has 0 aliphatic rings. The van der Waals surface area contributed by atoms with Gasteiger partial charge in [-0.25, -0.2) is 4.79 Å². The summed E-state index contributed by atoms with van der Waals surface area (Å²) in [6.45, 7) is 0. The van der Waals surface area contributed by atoms with E-state index in [0.29, 0.717) is 10.9 Å². The summed E-state index contributed by atoms with van der Waals surface area (Å²) in [5, 5.41) is 18.9. The van der Waals surface area contributed by atoms with E-state index < -0.39 is 12.1 Å². The molecular weight excluding hydrogens is 323 g/mol. The normalized spacial score (nSPS) is 12.2. The van der Waals surface area contributed by atoms with Gasteiger partial charge in [-0.1, -0.05) is 34.1 Å². The van der Waals surface area contributed by atoms with Crippen molar-refractivity contribution in [2.24, 2.45) is 0 Å². The molecule has 0 radical (unpaired) electrons. The molecule has 4 nitrogen and oxygen atoms in total. The number of carboxylic acids is 1. The van der Waals surface area contributed by atoms with E-state index in [1.165, 1.54) is 6.07 Å². The molecule has 0 aliphatic carbocycles. The van der Waals surface area contributed by atoms with Crippen molar-refractivity contribution in [3.63, 3.8) is 0 Å². The van der Waals surface area contributed by atoms with E-state index in [4.69, 9.17) is 16.7 Å². The van der Waals surface area contributed by atoms with Gasteiger partial charge in [0.2, 0.25) is 0 Å². The number of aliphatic hydroxyl groups is 1. The first kappa shape index (κ1) is 15.1. The molecule has 1 aromatic carbocycles. The molecule has 0 fully saturated rings. The van der Waals surface area contributed by atoms with Gasteiger partial charge in [0.25, 0.3) is 0 Å². The molecule has 1 unspecified atom stereocenters. The quantitative estimate of drug-likeness (QED) is 0.780. The molecule has 0 amide bonds. The first-order valence-corrected chi connectivity index (χ1v) is 6.82. The van der Waals surface area contributed by atoms with Crippen LogP contribution < -0.4 is 0 Å². The van der Waals surface area contributed by atoms with Crippen LogP contribution in [0.15, 0.2) is 18.2 Å². The maximum Gasteiger partial charge on any atom is 0.337 e. The standard InChI is InChI=1S/C12H12BrClO4/c13-5-7-2-1-3-9(11(16)12(17)18)10(7)4-8(15)6-14/h1-3,11,16H,4-6H2,(H,17,18). The smallest absolute Gasteiger partial charge is 0.337 e. The minimum absolute atomic E-state index is 0.0188. The van der Waals surface area contributed by atoms with Crippen LogP contribution in [0, 0.1) is 0 Å². The Hall–Kier alpha value is -0.910. The molecule has 98 valence electrons. The first-order valence-electron chi connectivity index (χ1n) is 5.16. The van der Waals surface area contributed by atoms with Crippen LogP contribution in [0.3, 0.4) is 0 Å². The van der Waals surface area contributed by atoms with Crippen molar-refractivity contribution < 1.29 is 19.8 Å². The number of alkyl halides is 2. The maximum atomic E-state index is 11.4. The summed E-state index contributed by atoms with van der Waals surface area (Å²) in [5.74, 6) is -1.70. The van der Waals surface area contributed by atoms with E-state index in [-0.39, 0.29) is 23.6 Å². The van der Waals surface area contributed by atoms with Crippen LogP contribution >= 0.6 is 27.5 Å². The van der Waals surface area contributed by atoms with Gasteiger partial charge in [-0.15, -0.1) is 11.6 Å². The third kappa shape index (κ3) is 3.54. The fraction of sp³-hybridized carbons (Fsp3) is 0.333. The molecule has 18 heavy (non-hydrogen) atoms. The van der Waals surface area contributed by atoms with Gasteiger partial charge in [-0.05, 0) is 16.7 Å². The van der Waals surface area contributed by atoms with Crippen LogP contribution in [-0.2, 0) is 21.3 Å². The van der Waals surface area contributed by atoms with Gasteiger partial charge in [-0.2, -0.15) is 0 Å². The van der Waals surface area contributed by atoms with Crippen LogP contribution in [0.1, 0.15) is 22.8 Å². The van der Waals surface area contributed by atoms with Crippen LogP contribution in [-0.4, -0.2) is 27.8 Å². The molecule has 0 heterocycles. The molecular formula is C12H12BrClO4. The van der Waals surface area contributed by atoms with E-state index in [1.54, 1.807) is 12.1 Å². The van der Waals surface area contributed by atoms with E-state index in [0.717, 1.165) is 5.56 Å². The van der Waals surface area contributed by atoms with Gasteiger partial charge in [0.1, 0.15) is 0 Å². The number of carbonyl (C=O) groups excluding carboxylic acids is 1. The van der Waals surface area contributed by atoms with E-state index >= 15 is 0 Å². The molecule has 0 aliphatic heterocycles. The topological polar surface area (TPSA) is 74.6 Å². The number of carboxylic acid groups (broad SMARTS) is 1. The molecule has 0 aromatic heterocycles. The molecule has 1 aromatic rings. The van der Waals surface area contributed by atoms with Gasteiger partial charge in [0.15, 0.2) is 11.9 Å². The number of halogens is 2. The minimum atomic E-state index is -1.64. The first-order chi connectivity index (χ1) is 8.51. The largest absolute Gasteiger partial charge is 0.479 e. The molecule has 6 heteroatoms. The Kier molecular flexibility index (Phi) is 5.78. The zero-order valence-electron chi connectivity index (χ0n) is 9.40. The maximum absolute atomic E-state index is 11.4. The number of hydrogen-bond acceptors (Lipinski definition) is 3.